The third-order valence-electron chi connectivity index (χ3n) is 2.59. The average molecular weight is 237 g/mol. The molecule has 0 bridgehead atoms. The Labute approximate surface area is 104 Å². The van der Waals surface area contributed by atoms with Crippen molar-refractivity contribution in [3.63, 3.8) is 0 Å². The number of rotatable bonds is 2. The molecular formula is C13H11N5. The average Bonchev–Trinajstić information content (AvgIpc) is 2.93. The van der Waals surface area contributed by atoms with E-state index in [4.69, 9.17) is 5.73 Å². The molecule has 0 unspecified atom stereocenters. The molecular weight excluding hydrogens is 226 g/mol. The van der Waals surface area contributed by atoms with Gasteiger partial charge in [-0.2, -0.15) is 5.10 Å². The Morgan fingerprint density at radius 1 is 1.06 bits per heavy atom. The summed E-state index contributed by atoms with van der Waals surface area (Å²) in [7, 11) is 0. The van der Waals surface area contributed by atoms with Crippen LogP contribution in [0.5, 0.6) is 0 Å². The van der Waals surface area contributed by atoms with Gasteiger partial charge in [0.25, 0.3) is 0 Å². The van der Waals surface area contributed by atoms with Crippen molar-refractivity contribution in [1.82, 2.24) is 19.7 Å². The summed E-state index contributed by atoms with van der Waals surface area (Å²) >= 11 is 0. The molecule has 0 fully saturated rings. The maximum atomic E-state index is 5.62. The van der Waals surface area contributed by atoms with E-state index in [9.17, 15) is 0 Å². The molecule has 0 aliphatic rings. The highest BCUT2D eigenvalue weighted by Gasteiger charge is 2.01. The Balaban J connectivity index is 1.96. The Kier molecular flexibility index (Phi) is 2.49. The van der Waals surface area contributed by atoms with Crippen molar-refractivity contribution in [2.75, 3.05) is 5.73 Å². The second-order valence-corrected chi connectivity index (χ2v) is 3.83. The van der Waals surface area contributed by atoms with E-state index in [1.54, 1.807) is 17.1 Å². The fraction of sp³-hybridized carbons (Fsp3) is 0. The zero-order valence-corrected chi connectivity index (χ0v) is 9.56. The largest absolute Gasteiger partial charge is 0.382 e. The minimum atomic E-state index is 0.420. The number of nitrogens with two attached hydrogens (primary N) is 1. The van der Waals surface area contributed by atoms with Gasteiger partial charge in [0.1, 0.15) is 5.82 Å². The van der Waals surface area contributed by atoms with Gasteiger partial charge < -0.3 is 5.73 Å². The molecule has 5 heteroatoms. The molecule has 2 heterocycles. The molecule has 0 spiro atoms. The van der Waals surface area contributed by atoms with Gasteiger partial charge in [-0.1, -0.05) is 12.1 Å². The molecule has 5 nitrogen and oxygen atoms in total. The van der Waals surface area contributed by atoms with Gasteiger partial charge in [0.05, 0.1) is 23.8 Å². The summed E-state index contributed by atoms with van der Waals surface area (Å²) in [6.45, 7) is 0. The van der Waals surface area contributed by atoms with Crippen molar-refractivity contribution < 1.29 is 0 Å². The van der Waals surface area contributed by atoms with Crippen LogP contribution in [0.2, 0.25) is 0 Å². The van der Waals surface area contributed by atoms with Gasteiger partial charge in [-0.3, -0.25) is 4.98 Å². The Morgan fingerprint density at radius 3 is 2.56 bits per heavy atom. The SMILES string of the molecule is Nc1cncc(-c2ccc(-n3cccn3)cc2)n1. The number of anilines is 1. The molecule has 2 N–H and O–H groups in total. The lowest BCUT2D eigenvalue weighted by Gasteiger charge is -2.04. The van der Waals surface area contributed by atoms with Crippen molar-refractivity contribution in [1.29, 1.82) is 0 Å². The summed E-state index contributed by atoms with van der Waals surface area (Å²) in [6.07, 6.45) is 6.87. The first-order chi connectivity index (χ1) is 8.83. The van der Waals surface area contributed by atoms with Gasteiger partial charge in [-0.25, -0.2) is 9.67 Å². The van der Waals surface area contributed by atoms with Gasteiger partial charge in [0.15, 0.2) is 0 Å². The van der Waals surface area contributed by atoms with Crippen molar-refractivity contribution in [3.8, 4) is 16.9 Å². The Morgan fingerprint density at radius 2 is 1.89 bits per heavy atom. The first kappa shape index (κ1) is 10.5. The van der Waals surface area contributed by atoms with Crippen LogP contribution in [0.4, 0.5) is 5.82 Å². The number of hydrogen-bond acceptors (Lipinski definition) is 4. The maximum absolute atomic E-state index is 5.62. The van der Waals surface area contributed by atoms with Crippen LogP contribution in [-0.2, 0) is 0 Å². The topological polar surface area (TPSA) is 69.6 Å². The van der Waals surface area contributed by atoms with E-state index >= 15 is 0 Å². The second kappa shape index (κ2) is 4.29. The first-order valence-electron chi connectivity index (χ1n) is 5.51. The molecule has 3 rings (SSSR count). The standard InChI is InChI=1S/C13H11N5/c14-13-9-15-8-12(17-13)10-2-4-11(5-3-10)18-7-1-6-16-18/h1-9H,(H2,14,17). The van der Waals surface area contributed by atoms with Crippen LogP contribution in [0.3, 0.4) is 0 Å². The summed E-state index contributed by atoms with van der Waals surface area (Å²) in [5, 5.41) is 4.17. The van der Waals surface area contributed by atoms with Crippen molar-refractivity contribution in [3.05, 3.63) is 55.1 Å². The predicted octanol–water partition coefficient (Wildman–Crippen LogP) is 1.91. The number of aromatic nitrogens is 4. The summed E-state index contributed by atoms with van der Waals surface area (Å²) in [4.78, 5) is 8.26. The fourth-order valence-corrected chi connectivity index (χ4v) is 1.73. The van der Waals surface area contributed by atoms with Crippen LogP contribution in [0.25, 0.3) is 16.9 Å². The van der Waals surface area contributed by atoms with Crippen LogP contribution in [0.1, 0.15) is 0 Å². The van der Waals surface area contributed by atoms with Crippen LogP contribution in [0.15, 0.2) is 55.1 Å². The molecule has 88 valence electrons. The molecule has 0 saturated heterocycles. The summed E-state index contributed by atoms with van der Waals surface area (Å²) < 4.78 is 1.80. The zero-order chi connectivity index (χ0) is 12.4. The van der Waals surface area contributed by atoms with Gasteiger partial charge in [-0.15, -0.1) is 0 Å². The highest BCUT2D eigenvalue weighted by atomic mass is 15.3. The summed E-state index contributed by atoms with van der Waals surface area (Å²) in [6, 6.07) is 9.79. The van der Waals surface area contributed by atoms with Crippen LogP contribution < -0.4 is 5.73 Å². The van der Waals surface area contributed by atoms with E-state index in [0.29, 0.717) is 5.82 Å². The van der Waals surface area contributed by atoms with Gasteiger partial charge in [0, 0.05) is 18.0 Å². The number of benzene rings is 1. The molecule has 0 aliphatic carbocycles. The molecule has 1 aromatic carbocycles. The Bertz CT molecular complexity index is 643. The molecule has 0 aliphatic heterocycles. The zero-order valence-electron chi connectivity index (χ0n) is 9.56. The minimum absolute atomic E-state index is 0.420. The van der Waals surface area contributed by atoms with Gasteiger partial charge in [-0.05, 0) is 18.2 Å². The summed E-state index contributed by atoms with van der Waals surface area (Å²) in [5.41, 5.74) is 8.36. The van der Waals surface area contributed by atoms with E-state index in [0.717, 1.165) is 16.9 Å². The lowest BCUT2D eigenvalue weighted by Crippen LogP contribution is -1.95. The molecule has 18 heavy (non-hydrogen) atoms. The lowest BCUT2D eigenvalue weighted by molar-refractivity contribution is 0.881. The smallest absolute Gasteiger partial charge is 0.142 e. The van der Waals surface area contributed by atoms with Crippen LogP contribution in [-0.4, -0.2) is 19.7 Å². The van der Waals surface area contributed by atoms with Crippen molar-refractivity contribution >= 4 is 5.82 Å². The van der Waals surface area contributed by atoms with Crippen LogP contribution >= 0.6 is 0 Å². The molecule has 2 aromatic heterocycles. The fourth-order valence-electron chi connectivity index (χ4n) is 1.73. The highest BCUT2D eigenvalue weighted by molar-refractivity contribution is 5.61. The highest BCUT2D eigenvalue weighted by Crippen LogP contribution is 2.18. The molecule has 0 amide bonds. The minimum Gasteiger partial charge on any atom is -0.382 e. The quantitative estimate of drug-likeness (QED) is 0.739. The molecule has 3 aromatic rings. The molecule has 0 radical (unpaired) electrons. The predicted molar refractivity (Wildman–Crippen MR) is 69.0 cm³/mol. The number of nitrogen functional groups attached to an aromatic ring is 1. The van der Waals surface area contributed by atoms with Crippen molar-refractivity contribution in [2.45, 2.75) is 0 Å². The van der Waals surface area contributed by atoms with Gasteiger partial charge >= 0.3 is 0 Å². The monoisotopic (exact) mass is 237 g/mol. The van der Waals surface area contributed by atoms with Gasteiger partial charge in [0.2, 0.25) is 0 Å². The second-order valence-electron chi connectivity index (χ2n) is 3.83. The first-order valence-corrected chi connectivity index (χ1v) is 5.51. The Hall–Kier alpha value is -2.69. The van der Waals surface area contributed by atoms with E-state index < -0.39 is 0 Å². The number of nitrogens with zero attached hydrogens (tertiary/aromatic N) is 4. The third-order valence-corrected chi connectivity index (χ3v) is 2.59. The lowest BCUT2D eigenvalue weighted by atomic mass is 10.1. The van der Waals surface area contributed by atoms with E-state index in [1.165, 1.54) is 6.20 Å². The van der Waals surface area contributed by atoms with E-state index in [-0.39, 0.29) is 0 Å². The normalized spacial score (nSPS) is 10.4. The van der Waals surface area contributed by atoms with Crippen molar-refractivity contribution in [2.24, 2.45) is 0 Å². The third kappa shape index (κ3) is 1.93. The summed E-state index contributed by atoms with van der Waals surface area (Å²) in [5.74, 6) is 0.420. The van der Waals surface area contributed by atoms with E-state index in [1.807, 2.05) is 36.5 Å². The van der Waals surface area contributed by atoms with Crippen LogP contribution in [0, 0.1) is 0 Å². The molecule has 0 atom stereocenters. The van der Waals surface area contributed by atoms with E-state index in [2.05, 4.69) is 15.1 Å². The maximum Gasteiger partial charge on any atom is 0.142 e. The number of hydrogen-bond donors (Lipinski definition) is 1. The molecule has 0 saturated carbocycles.